The van der Waals surface area contributed by atoms with Crippen LogP contribution in [-0.2, 0) is 25.1 Å². The topological polar surface area (TPSA) is 81.7 Å². The summed E-state index contributed by atoms with van der Waals surface area (Å²) in [6.07, 6.45) is -1.10. The van der Waals surface area contributed by atoms with Gasteiger partial charge in [-0.05, 0) is 48.3 Å². The first-order valence-electron chi connectivity index (χ1n) is 11.7. The van der Waals surface area contributed by atoms with Gasteiger partial charge in [-0.2, -0.15) is 8.42 Å². The molecule has 4 aromatic rings. The lowest BCUT2D eigenvalue weighted by molar-refractivity contribution is 0.0988. The highest BCUT2D eigenvalue weighted by Crippen LogP contribution is 2.30. The van der Waals surface area contributed by atoms with Crippen LogP contribution in [0.25, 0.3) is 10.8 Å². The monoisotopic (exact) mass is 523 g/mol. The van der Waals surface area contributed by atoms with Gasteiger partial charge in [0.05, 0.1) is 10.8 Å². The van der Waals surface area contributed by atoms with Gasteiger partial charge < -0.3 is 4.74 Å². The minimum absolute atomic E-state index is 0.123. The van der Waals surface area contributed by atoms with Crippen LogP contribution in [0.3, 0.4) is 0 Å². The van der Waals surface area contributed by atoms with Gasteiger partial charge in [0, 0.05) is 22.5 Å². The predicted molar refractivity (Wildman–Crippen MR) is 143 cm³/mol. The summed E-state index contributed by atoms with van der Waals surface area (Å²) in [7, 11) is -3.47. The zero-order chi connectivity index (χ0) is 25.5. The summed E-state index contributed by atoms with van der Waals surface area (Å²) in [5.74, 6) is 1.13. The molecule has 3 unspecified atom stereocenters. The molecular formula is C28H29NO5S2. The standard InChI is InChI=1S/C28H29NO5S2/c1-3-35(30)24-18-16-23(17-19-24)33-26(22-11-5-4-6-12-22)20-28(29-2)34-36(31,32)27-15-9-13-21-10-7-8-14-25(21)27/h4-19,26,28-29H,3,20H2,1-2H3. The van der Waals surface area contributed by atoms with Crippen LogP contribution in [-0.4, -0.2) is 31.7 Å². The normalized spacial score (nSPS) is 14.3. The number of hydrogen-bond acceptors (Lipinski definition) is 6. The Hall–Kier alpha value is -3.04. The van der Waals surface area contributed by atoms with E-state index >= 15 is 0 Å². The van der Waals surface area contributed by atoms with Crippen LogP contribution >= 0.6 is 0 Å². The van der Waals surface area contributed by atoms with Crippen molar-refractivity contribution in [2.45, 2.75) is 35.5 Å². The molecule has 0 spiro atoms. The molecule has 6 nitrogen and oxygen atoms in total. The van der Waals surface area contributed by atoms with E-state index in [1.807, 2.05) is 55.5 Å². The second-order valence-corrected chi connectivity index (χ2v) is 11.4. The van der Waals surface area contributed by atoms with Gasteiger partial charge >= 0.3 is 0 Å². The Morgan fingerprint density at radius 2 is 1.53 bits per heavy atom. The number of benzene rings is 4. The fourth-order valence-electron chi connectivity index (χ4n) is 3.94. The summed E-state index contributed by atoms with van der Waals surface area (Å²) in [4.78, 5) is 0.858. The average molecular weight is 524 g/mol. The van der Waals surface area contributed by atoms with Crippen molar-refractivity contribution in [3.8, 4) is 5.75 Å². The third-order valence-corrected chi connectivity index (χ3v) is 8.51. The second kappa shape index (κ2) is 11.8. The zero-order valence-corrected chi connectivity index (χ0v) is 21.8. The molecule has 4 aromatic carbocycles. The molecule has 3 atom stereocenters. The van der Waals surface area contributed by atoms with Crippen molar-refractivity contribution in [1.29, 1.82) is 0 Å². The largest absolute Gasteiger partial charge is 0.486 e. The van der Waals surface area contributed by atoms with Crippen LogP contribution in [0.4, 0.5) is 0 Å². The van der Waals surface area contributed by atoms with E-state index in [1.165, 1.54) is 0 Å². The number of fused-ring (bicyclic) bond motifs is 1. The van der Waals surface area contributed by atoms with Gasteiger partial charge in [-0.15, -0.1) is 0 Å². The van der Waals surface area contributed by atoms with Crippen LogP contribution in [0.5, 0.6) is 5.75 Å². The van der Waals surface area contributed by atoms with Crippen LogP contribution < -0.4 is 10.1 Å². The van der Waals surface area contributed by atoms with Crippen molar-refractivity contribution in [3.63, 3.8) is 0 Å². The van der Waals surface area contributed by atoms with Gasteiger partial charge in [-0.1, -0.05) is 73.7 Å². The molecule has 36 heavy (non-hydrogen) atoms. The maximum absolute atomic E-state index is 13.3. The molecule has 4 rings (SSSR count). The molecule has 0 bridgehead atoms. The van der Waals surface area contributed by atoms with Gasteiger partial charge in [-0.25, -0.2) is 4.18 Å². The fourth-order valence-corrected chi connectivity index (χ4v) is 6.00. The summed E-state index contributed by atoms with van der Waals surface area (Å²) >= 11 is 0. The first kappa shape index (κ1) is 26.0. The van der Waals surface area contributed by atoms with Crippen molar-refractivity contribution < 1.29 is 21.5 Å². The quantitative estimate of drug-likeness (QED) is 0.209. The zero-order valence-electron chi connectivity index (χ0n) is 20.2. The predicted octanol–water partition coefficient (Wildman–Crippen LogP) is 5.43. The maximum Gasteiger partial charge on any atom is 0.299 e. The van der Waals surface area contributed by atoms with Gasteiger partial charge in [0.2, 0.25) is 0 Å². The van der Waals surface area contributed by atoms with Crippen molar-refractivity contribution in [3.05, 3.63) is 103 Å². The van der Waals surface area contributed by atoms with Crippen LogP contribution in [0, 0.1) is 0 Å². The Morgan fingerprint density at radius 1 is 0.861 bits per heavy atom. The van der Waals surface area contributed by atoms with E-state index in [-0.39, 0.29) is 11.3 Å². The highest BCUT2D eigenvalue weighted by molar-refractivity contribution is 7.87. The van der Waals surface area contributed by atoms with Crippen LogP contribution in [0.15, 0.2) is 107 Å². The average Bonchev–Trinajstić information content (AvgIpc) is 2.92. The minimum Gasteiger partial charge on any atom is -0.486 e. The lowest BCUT2D eigenvalue weighted by Gasteiger charge is -2.25. The summed E-state index contributed by atoms with van der Waals surface area (Å²) in [6, 6.07) is 29.1. The SMILES string of the molecule is CCS(=O)c1ccc(OC(CC(NC)OS(=O)(=O)c2cccc3ccccc23)c2ccccc2)cc1. The van der Waals surface area contributed by atoms with E-state index in [4.69, 9.17) is 8.92 Å². The van der Waals surface area contributed by atoms with E-state index in [0.29, 0.717) is 16.9 Å². The molecule has 0 fully saturated rings. The van der Waals surface area contributed by atoms with Gasteiger partial charge in [0.25, 0.3) is 10.1 Å². The molecular weight excluding hydrogens is 494 g/mol. The Kier molecular flexibility index (Phi) is 8.53. The van der Waals surface area contributed by atoms with Gasteiger partial charge in [-0.3, -0.25) is 9.53 Å². The van der Waals surface area contributed by atoms with E-state index in [9.17, 15) is 12.6 Å². The number of ether oxygens (including phenoxy) is 1. The molecule has 0 heterocycles. The van der Waals surface area contributed by atoms with Gasteiger partial charge in [0.1, 0.15) is 23.0 Å². The lowest BCUT2D eigenvalue weighted by atomic mass is 10.1. The molecule has 1 N–H and O–H groups in total. The summed E-state index contributed by atoms with van der Waals surface area (Å²) in [5.41, 5.74) is 0.880. The van der Waals surface area contributed by atoms with Gasteiger partial charge in [0.15, 0.2) is 0 Å². The third-order valence-electron chi connectivity index (χ3n) is 5.81. The minimum atomic E-state index is -4.07. The van der Waals surface area contributed by atoms with Crippen molar-refractivity contribution in [2.24, 2.45) is 0 Å². The molecule has 0 aliphatic heterocycles. The highest BCUT2D eigenvalue weighted by atomic mass is 32.2. The molecule has 0 saturated heterocycles. The van der Waals surface area contributed by atoms with Crippen LogP contribution in [0.1, 0.15) is 25.0 Å². The van der Waals surface area contributed by atoms with Crippen molar-refractivity contribution in [1.82, 2.24) is 5.32 Å². The number of rotatable bonds is 11. The molecule has 8 heteroatoms. The van der Waals surface area contributed by atoms with Crippen LogP contribution in [0.2, 0.25) is 0 Å². The number of hydrogen-bond donors (Lipinski definition) is 1. The van der Waals surface area contributed by atoms with Crippen molar-refractivity contribution in [2.75, 3.05) is 12.8 Å². The van der Waals surface area contributed by atoms with E-state index < -0.39 is 33.2 Å². The smallest absolute Gasteiger partial charge is 0.299 e. The Bertz CT molecular complexity index is 1420. The molecule has 0 aromatic heterocycles. The fraction of sp³-hybridized carbons (Fsp3) is 0.214. The first-order valence-corrected chi connectivity index (χ1v) is 14.4. The summed E-state index contributed by atoms with van der Waals surface area (Å²) in [6.45, 7) is 1.87. The third kappa shape index (κ3) is 6.20. The molecule has 0 aliphatic rings. The molecule has 188 valence electrons. The number of nitrogens with one attached hydrogen (secondary N) is 1. The lowest BCUT2D eigenvalue weighted by Crippen LogP contribution is -2.33. The first-order chi connectivity index (χ1) is 17.4. The Labute approximate surface area is 214 Å². The summed E-state index contributed by atoms with van der Waals surface area (Å²) < 4.78 is 50.6. The molecule has 0 amide bonds. The maximum atomic E-state index is 13.3. The summed E-state index contributed by atoms with van der Waals surface area (Å²) in [5, 5.41) is 4.40. The Balaban J connectivity index is 1.58. The van der Waals surface area contributed by atoms with E-state index in [0.717, 1.165) is 15.8 Å². The Morgan fingerprint density at radius 3 is 2.22 bits per heavy atom. The molecule has 0 saturated carbocycles. The second-order valence-electron chi connectivity index (χ2n) is 8.16. The molecule has 0 radical (unpaired) electrons. The van der Waals surface area contributed by atoms with E-state index in [1.54, 1.807) is 55.6 Å². The molecule has 0 aliphatic carbocycles. The van der Waals surface area contributed by atoms with Crippen molar-refractivity contribution >= 4 is 31.7 Å². The van der Waals surface area contributed by atoms with E-state index in [2.05, 4.69) is 5.32 Å². The highest BCUT2D eigenvalue weighted by Gasteiger charge is 2.27.